The summed E-state index contributed by atoms with van der Waals surface area (Å²) in [6.45, 7) is 7.50. The summed E-state index contributed by atoms with van der Waals surface area (Å²) in [6, 6.07) is 2.12. The Morgan fingerprint density at radius 3 is 2.69 bits per heavy atom. The van der Waals surface area contributed by atoms with Crippen molar-refractivity contribution >= 4 is 11.8 Å². The summed E-state index contributed by atoms with van der Waals surface area (Å²) >= 11 is 0. The van der Waals surface area contributed by atoms with Crippen LogP contribution in [0.3, 0.4) is 0 Å². The van der Waals surface area contributed by atoms with Crippen molar-refractivity contribution in [2.75, 3.05) is 17.2 Å². The van der Waals surface area contributed by atoms with Crippen molar-refractivity contribution in [1.29, 1.82) is 0 Å². The monoisotopic (exact) mass is 222 g/mol. The number of nitrogen functional groups attached to an aromatic ring is 1. The molecule has 1 rings (SSSR count). The lowest BCUT2D eigenvalue weighted by Crippen LogP contribution is -2.33. The molecule has 0 atom stereocenters. The van der Waals surface area contributed by atoms with Crippen molar-refractivity contribution in [2.45, 2.75) is 46.1 Å². The number of hydrogen-bond acceptors (Lipinski definition) is 4. The van der Waals surface area contributed by atoms with Crippen LogP contribution in [0.5, 0.6) is 0 Å². The van der Waals surface area contributed by atoms with Gasteiger partial charge in [-0.2, -0.15) is 4.98 Å². The van der Waals surface area contributed by atoms with E-state index in [1.165, 1.54) is 19.3 Å². The molecular formula is C12H22N4. The smallest absolute Gasteiger partial charge is 0.227 e. The van der Waals surface area contributed by atoms with Crippen LogP contribution in [-0.2, 0) is 0 Å². The Balaban J connectivity index is 2.69. The molecule has 1 heterocycles. The Morgan fingerprint density at radius 1 is 1.38 bits per heavy atom. The summed E-state index contributed by atoms with van der Waals surface area (Å²) in [6.07, 6.45) is 5.36. The van der Waals surface area contributed by atoms with Gasteiger partial charge in [-0.15, -0.1) is 0 Å². The highest BCUT2D eigenvalue weighted by Gasteiger charge is 2.12. The Hall–Kier alpha value is -1.32. The molecular weight excluding hydrogens is 200 g/mol. The average Bonchev–Trinajstić information content (AvgIpc) is 2.24. The first kappa shape index (κ1) is 12.7. The minimum Gasteiger partial charge on any atom is -0.384 e. The number of unbranched alkanes of at least 4 members (excludes halogenated alkanes) is 2. The highest BCUT2D eigenvalue weighted by molar-refractivity contribution is 5.38. The molecule has 16 heavy (non-hydrogen) atoms. The van der Waals surface area contributed by atoms with Gasteiger partial charge in [-0.1, -0.05) is 19.8 Å². The molecule has 0 fully saturated rings. The average molecular weight is 222 g/mol. The fraction of sp³-hybridized carbons (Fsp3) is 0.667. The molecule has 4 heteroatoms. The summed E-state index contributed by atoms with van der Waals surface area (Å²) < 4.78 is 0. The molecule has 90 valence electrons. The van der Waals surface area contributed by atoms with E-state index >= 15 is 0 Å². The zero-order valence-electron chi connectivity index (χ0n) is 10.5. The van der Waals surface area contributed by atoms with E-state index in [1.54, 1.807) is 12.3 Å². The van der Waals surface area contributed by atoms with Crippen LogP contribution < -0.4 is 10.6 Å². The van der Waals surface area contributed by atoms with Crippen LogP contribution in [0.4, 0.5) is 11.8 Å². The first-order valence-corrected chi connectivity index (χ1v) is 6.00. The standard InChI is InChI=1S/C12H22N4/c1-4-5-6-9-16(10(2)3)12-14-8-7-11(13)15-12/h7-8,10H,4-6,9H2,1-3H3,(H2,13,14,15). The van der Waals surface area contributed by atoms with Crippen LogP contribution in [0.25, 0.3) is 0 Å². The maximum absolute atomic E-state index is 5.67. The molecule has 0 saturated carbocycles. The van der Waals surface area contributed by atoms with Crippen LogP contribution in [-0.4, -0.2) is 22.6 Å². The van der Waals surface area contributed by atoms with Crippen LogP contribution in [0.1, 0.15) is 40.0 Å². The van der Waals surface area contributed by atoms with E-state index in [4.69, 9.17) is 5.73 Å². The van der Waals surface area contributed by atoms with Gasteiger partial charge in [0, 0.05) is 18.8 Å². The summed E-state index contributed by atoms with van der Waals surface area (Å²) in [7, 11) is 0. The number of nitrogens with zero attached hydrogens (tertiary/aromatic N) is 3. The van der Waals surface area contributed by atoms with E-state index in [0.29, 0.717) is 11.9 Å². The minimum absolute atomic E-state index is 0.402. The lowest BCUT2D eigenvalue weighted by atomic mass is 10.2. The second-order valence-corrected chi connectivity index (χ2v) is 4.28. The molecule has 0 aromatic carbocycles. The maximum atomic E-state index is 5.67. The zero-order valence-corrected chi connectivity index (χ0v) is 10.5. The molecule has 0 spiro atoms. The highest BCUT2D eigenvalue weighted by atomic mass is 15.3. The van der Waals surface area contributed by atoms with Gasteiger partial charge in [0.1, 0.15) is 5.82 Å². The zero-order chi connectivity index (χ0) is 12.0. The highest BCUT2D eigenvalue weighted by Crippen LogP contribution is 2.13. The number of aromatic nitrogens is 2. The molecule has 0 unspecified atom stereocenters. The molecule has 4 nitrogen and oxygen atoms in total. The largest absolute Gasteiger partial charge is 0.384 e. The van der Waals surface area contributed by atoms with E-state index in [9.17, 15) is 0 Å². The van der Waals surface area contributed by atoms with Gasteiger partial charge in [0.2, 0.25) is 5.95 Å². The molecule has 1 aromatic heterocycles. The van der Waals surface area contributed by atoms with E-state index in [2.05, 4.69) is 35.6 Å². The Kier molecular flexibility index (Phi) is 5.02. The fourth-order valence-electron chi connectivity index (χ4n) is 1.62. The Bertz CT molecular complexity index is 312. The van der Waals surface area contributed by atoms with E-state index in [0.717, 1.165) is 12.5 Å². The number of rotatable bonds is 6. The molecule has 0 aliphatic carbocycles. The molecule has 0 amide bonds. The van der Waals surface area contributed by atoms with Crippen LogP contribution in [0.2, 0.25) is 0 Å². The lowest BCUT2D eigenvalue weighted by molar-refractivity contribution is 0.613. The Labute approximate surface area is 97.9 Å². The van der Waals surface area contributed by atoms with E-state index in [1.807, 2.05) is 0 Å². The van der Waals surface area contributed by atoms with Crippen molar-refractivity contribution in [3.8, 4) is 0 Å². The Morgan fingerprint density at radius 2 is 2.12 bits per heavy atom. The molecule has 0 saturated heterocycles. The summed E-state index contributed by atoms with van der Waals surface area (Å²) in [5.41, 5.74) is 5.67. The molecule has 1 aromatic rings. The van der Waals surface area contributed by atoms with Gasteiger partial charge in [0.15, 0.2) is 0 Å². The minimum atomic E-state index is 0.402. The number of hydrogen-bond donors (Lipinski definition) is 1. The van der Waals surface area contributed by atoms with Crippen LogP contribution in [0.15, 0.2) is 12.3 Å². The van der Waals surface area contributed by atoms with Crippen molar-refractivity contribution in [3.05, 3.63) is 12.3 Å². The molecule has 0 aliphatic heterocycles. The van der Waals surface area contributed by atoms with Gasteiger partial charge in [-0.3, -0.25) is 0 Å². The van der Waals surface area contributed by atoms with Crippen molar-refractivity contribution < 1.29 is 0 Å². The third-order valence-corrected chi connectivity index (χ3v) is 2.55. The van der Waals surface area contributed by atoms with Crippen LogP contribution in [0, 0.1) is 0 Å². The molecule has 0 bridgehead atoms. The second kappa shape index (κ2) is 6.30. The summed E-state index contributed by atoms with van der Waals surface area (Å²) in [5.74, 6) is 1.28. The van der Waals surface area contributed by atoms with Gasteiger partial charge < -0.3 is 10.6 Å². The fourth-order valence-corrected chi connectivity index (χ4v) is 1.62. The SMILES string of the molecule is CCCCCN(c1nccc(N)n1)C(C)C. The van der Waals surface area contributed by atoms with Crippen molar-refractivity contribution in [3.63, 3.8) is 0 Å². The number of nitrogens with two attached hydrogens (primary N) is 1. The third-order valence-electron chi connectivity index (χ3n) is 2.55. The van der Waals surface area contributed by atoms with Crippen molar-refractivity contribution in [1.82, 2.24) is 9.97 Å². The second-order valence-electron chi connectivity index (χ2n) is 4.28. The lowest BCUT2D eigenvalue weighted by Gasteiger charge is -2.26. The number of anilines is 2. The molecule has 2 N–H and O–H groups in total. The normalized spacial score (nSPS) is 10.8. The van der Waals surface area contributed by atoms with Gasteiger partial charge >= 0.3 is 0 Å². The maximum Gasteiger partial charge on any atom is 0.227 e. The van der Waals surface area contributed by atoms with Gasteiger partial charge in [0.25, 0.3) is 0 Å². The van der Waals surface area contributed by atoms with Crippen LogP contribution >= 0.6 is 0 Å². The topological polar surface area (TPSA) is 55.0 Å². The third kappa shape index (κ3) is 3.68. The van der Waals surface area contributed by atoms with Gasteiger partial charge in [-0.25, -0.2) is 4.98 Å². The van der Waals surface area contributed by atoms with Gasteiger partial charge in [-0.05, 0) is 26.3 Å². The summed E-state index contributed by atoms with van der Waals surface area (Å²) in [4.78, 5) is 10.7. The molecule has 0 radical (unpaired) electrons. The first-order chi connectivity index (χ1) is 7.65. The van der Waals surface area contributed by atoms with Gasteiger partial charge in [0.05, 0.1) is 0 Å². The van der Waals surface area contributed by atoms with E-state index in [-0.39, 0.29) is 0 Å². The van der Waals surface area contributed by atoms with Crippen molar-refractivity contribution in [2.24, 2.45) is 0 Å². The quantitative estimate of drug-likeness (QED) is 0.751. The molecule has 0 aliphatic rings. The predicted octanol–water partition coefficient (Wildman–Crippen LogP) is 2.46. The first-order valence-electron chi connectivity index (χ1n) is 6.00. The predicted molar refractivity (Wildman–Crippen MR) is 68.5 cm³/mol. The van der Waals surface area contributed by atoms with E-state index < -0.39 is 0 Å². The summed E-state index contributed by atoms with van der Waals surface area (Å²) in [5, 5.41) is 0.